The van der Waals surface area contributed by atoms with E-state index in [1.807, 2.05) is 12.3 Å². The van der Waals surface area contributed by atoms with E-state index < -0.39 is 0 Å². The number of aromatic nitrogens is 2. The Kier molecular flexibility index (Phi) is 3.78. The summed E-state index contributed by atoms with van der Waals surface area (Å²) in [5, 5.41) is 2.90. The van der Waals surface area contributed by atoms with Crippen molar-refractivity contribution >= 4 is 11.3 Å². The zero-order valence-electron chi connectivity index (χ0n) is 9.35. The second-order valence-electron chi connectivity index (χ2n) is 3.70. The zero-order chi connectivity index (χ0) is 12.3. The monoisotopic (exact) mass is 252 g/mol. The molecule has 17 heavy (non-hydrogen) atoms. The summed E-state index contributed by atoms with van der Waals surface area (Å²) in [6.07, 6.45) is 3.30. The number of hydrogen-bond acceptors (Lipinski definition) is 5. The van der Waals surface area contributed by atoms with Crippen molar-refractivity contribution in [3.63, 3.8) is 0 Å². The Balaban J connectivity index is 2.20. The topological polar surface area (TPSA) is 63.8 Å². The molecule has 2 rings (SSSR count). The van der Waals surface area contributed by atoms with Gasteiger partial charge in [-0.15, -0.1) is 11.3 Å². The van der Waals surface area contributed by atoms with Crippen LogP contribution in [0.25, 0.3) is 0 Å². The summed E-state index contributed by atoms with van der Waals surface area (Å²) in [7, 11) is 0. The molecular formula is C11H13FN4S. The lowest BCUT2D eigenvalue weighted by atomic mass is 10.1. The minimum Gasteiger partial charge on any atom is -0.271 e. The Morgan fingerprint density at radius 1 is 1.59 bits per heavy atom. The molecule has 0 aromatic carbocycles. The number of aryl methyl sites for hydroxylation is 1. The molecule has 0 aliphatic carbocycles. The summed E-state index contributed by atoms with van der Waals surface area (Å²) < 4.78 is 13.6. The van der Waals surface area contributed by atoms with Gasteiger partial charge in [0.15, 0.2) is 0 Å². The number of hydrogen-bond donors (Lipinski definition) is 2. The van der Waals surface area contributed by atoms with E-state index in [-0.39, 0.29) is 11.9 Å². The van der Waals surface area contributed by atoms with Gasteiger partial charge in [-0.3, -0.25) is 16.3 Å². The first kappa shape index (κ1) is 12.1. The van der Waals surface area contributed by atoms with Gasteiger partial charge >= 0.3 is 0 Å². The van der Waals surface area contributed by atoms with Crippen LogP contribution in [0.4, 0.5) is 4.39 Å². The number of pyridine rings is 1. The van der Waals surface area contributed by atoms with Crippen molar-refractivity contribution in [1.29, 1.82) is 0 Å². The number of rotatable bonds is 4. The van der Waals surface area contributed by atoms with Gasteiger partial charge in [0, 0.05) is 29.3 Å². The molecule has 0 amide bonds. The molecule has 2 aromatic heterocycles. The maximum Gasteiger partial charge on any atom is 0.146 e. The lowest BCUT2D eigenvalue weighted by Crippen LogP contribution is -2.30. The fourth-order valence-electron chi connectivity index (χ4n) is 1.60. The Hall–Kier alpha value is -1.37. The average molecular weight is 252 g/mol. The number of nitrogens with zero attached hydrogens (tertiary/aromatic N) is 2. The van der Waals surface area contributed by atoms with E-state index in [9.17, 15) is 4.39 Å². The highest BCUT2D eigenvalue weighted by Gasteiger charge is 2.16. The molecule has 0 fully saturated rings. The quantitative estimate of drug-likeness (QED) is 0.642. The number of hydrazine groups is 1. The number of nitrogens with one attached hydrogen (secondary N) is 1. The molecule has 0 spiro atoms. The third-order valence-corrected chi connectivity index (χ3v) is 3.41. The number of thiazole rings is 1. The first-order valence-electron chi connectivity index (χ1n) is 5.17. The lowest BCUT2D eigenvalue weighted by molar-refractivity contribution is 0.507. The van der Waals surface area contributed by atoms with Crippen LogP contribution in [0.3, 0.4) is 0 Å². The first-order valence-corrected chi connectivity index (χ1v) is 6.05. The van der Waals surface area contributed by atoms with Crippen LogP contribution in [0.2, 0.25) is 0 Å². The molecular weight excluding hydrogens is 239 g/mol. The highest BCUT2D eigenvalue weighted by molar-refractivity contribution is 7.09. The summed E-state index contributed by atoms with van der Waals surface area (Å²) in [5.41, 5.74) is 4.09. The molecule has 0 aliphatic rings. The van der Waals surface area contributed by atoms with E-state index in [4.69, 9.17) is 5.84 Å². The third kappa shape index (κ3) is 2.85. The summed E-state index contributed by atoms with van der Waals surface area (Å²) in [4.78, 5) is 8.05. The van der Waals surface area contributed by atoms with Gasteiger partial charge in [0.1, 0.15) is 5.82 Å². The molecule has 0 saturated heterocycles. The van der Waals surface area contributed by atoms with Crippen molar-refractivity contribution in [2.75, 3.05) is 0 Å². The predicted molar refractivity (Wildman–Crippen MR) is 64.8 cm³/mol. The van der Waals surface area contributed by atoms with Gasteiger partial charge in [-0.2, -0.15) is 0 Å². The Bertz CT molecular complexity index is 500. The predicted octanol–water partition coefficient (Wildman–Crippen LogP) is 1.73. The maximum absolute atomic E-state index is 13.6. The van der Waals surface area contributed by atoms with E-state index in [0.29, 0.717) is 12.0 Å². The number of halogens is 1. The van der Waals surface area contributed by atoms with Crippen LogP contribution in [0.5, 0.6) is 0 Å². The average Bonchev–Trinajstić information content (AvgIpc) is 2.73. The van der Waals surface area contributed by atoms with Crippen molar-refractivity contribution in [3.8, 4) is 0 Å². The van der Waals surface area contributed by atoms with Gasteiger partial charge in [-0.25, -0.2) is 9.37 Å². The SMILES string of the molecule is Cc1csc(CC(NN)c2ccncc2F)n1. The molecule has 2 heterocycles. The Morgan fingerprint density at radius 2 is 2.41 bits per heavy atom. The number of nitrogens with two attached hydrogens (primary N) is 1. The van der Waals surface area contributed by atoms with Crippen LogP contribution in [0.15, 0.2) is 23.8 Å². The molecule has 1 atom stereocenters. The first-order chi connectivity index (χ1) is 8.20. The van der Waals surface area contributed by atoms with E-state index in [2.05, 4.69) is 15.4 Å². The van der Waals surface area contributed by atoms with Gasteiger partial charge in [0.2, 0.25) is 0 Å². The van der Waals surface area contributed by atoms with E-state index >= 15 is 0 Å². The summed E-state index contributed by atoms with van der Waals surface area (Å²) in [6, 6.07) is 1.34. The molecule has 3 N–H and O–H groups in total. The summed E-state index contributed by atoms with van der Waals surface area (Å²) in [6.45, 7) is 1.93. The maximum atomic E-state index is 13.6. The van der Waals surface area contributed by atoms with Crippen molar-refractivity contribution in [2.45, 2.75) is 19.4 Å². The van der Waals surface area contributed by atoms with Crippen molar-refractivity contribution in [2.24, 2.45) is 5.84 Å². The third-order valence-electron chi connectivity index (χ3n) is 2.43. The van der Waals surface area contributed by atoms with Crippen LogP contribution in [-0.4, -0.2) is 9.97 Å². The van der Waals surface area contributed by atoms with E-state index in [1.54, 1.807) is 23.6 Å². The Labute approximate surface area is 103 Å². The minimum absolute atomic E-state index is 0.288. The molecule has 0 saturated carbocycles. The normalized spacial score (nSPS) is 12.6. The van der Waals surface area contributed by atoms with Crippen LogP contribution in [-0.2, 0) is 6.42 Å². The van der Waals surface area contributed by atoms with Gasteiger partial charge in [0.05, 0.1) is 17.2 Å². The molecule has 4 nitrogen and oxygen atoms in total. The fourth-order valence-corrected chi connectivity index (χ4v) is 2.42. The van der Waals surface area contributed by atoms with Gasteiger partial charge in [-0.1, -0.05) is 0 Å². The molecule has 0 bridgehead atoms. The smallest absolute Gasteiger partial charge is 0.146 e. The summed E-state index contributed by atoms with van der Waals surface area (Å²) >= 11 is 1.55. The zero-order valence-corrected chi connectivity index (χ0v) is 10.2. The van der Waals surface area contributed by atoms with Gasteiger partial charge < -0.3 is 0 Å². The molecule has 0 radical (unpaired) electrons. The second kappa shape index (κ2) is 5.31. The molecule has 1 unspecified atom stereocenters. The molecule has 2 aromatic rings. The van der Waals surface area contributed by atoms with Crippen LogP contribution in [0, 0.1) is 12.7 Å². The van der Waals surface area contributed by atoms with Crippen molar-refractivity contribution < 1.29 is 4.39 Å². The Morgan fingerprint density at radius 3 is 3.00 bits per heavy atom. The molecule has 0 aliphatic heterocycles. The van der Waals surface area contributed by atoms with E-state index in [0.717, 1.165) is 10.7 Å². The van der Waals surface area contributed by atoms with Crippen LogP contribution < -0.4 is 11.3 Å². The van der Waals surface area contributed by atoms with Crippen molar-refractivity contribution in [3.05, 3.63) is 45.9 Å². The largest absolute Gasteiger partial charge is 0.271 e. The van der Waals surface area contributed by atoms with Crippen LogP contribution in [0.1, 0.15) is 22.3 Å². The van der Waals surface area contributed by atoms with Gasteiger partial charge in [-0.05, 0) is 13.0 Å². The van der Waals surface area contributed by atoms with Gasteiger partial charge in [0.25, 0.3) is 0 Å². The standard InChI is InChI=1S/C11H13FN4S/c1-7-6-17-11(15-7)4-10(16-13)8-2-3-14-5-9(8)12/h2-3,5-6,10,16H,4,13H2,1H3. The molecule has 6 heteroatoms. The van der Waals surface area contributed by atoms with E-state index in [1.165, 1.54) is 6.20 Å². The fraction of sp³-hybridized carbons (Fsp3) is 0.273. The minimum atomic E-state index is -0.358. The molecule has 90 valence electrons. The highest BCUT2D eigenvalue weighted by atomic mass is 32.1. The highest BCUT2D eigenvalue weighted by Crippen LogP contribution is 2.21. The lowest BCUT2D eigenvalue weighted by Gasteiger charge is -2.15. The van der Waals surface area contributed by atoms with Crippen molar-refractivity contribution in [1.82, 2.24) is 15.4 Å². The van der Waals surface area contributed by atoms with Crippen LogP contribution >= 0.6 is 11.3 Å². The second-order valence-corrected chi connectivity index (χ2v) is 4.65. The summed E-state index contributed by atoms with van der Waals surface area (Å²) in [5.74, 6) is 5.11.